The van der Waals surface area contributed by atoms with Gasteiger partial charge in [0.1, 0.15) is 18.9 Å². The smallest absolute Gasteiger partial charge is 0.339 e. The first-order valence-electron chi connectivity index (χ1n) is 14.1. The van der Waals surface area contributed by atoms with Crippen LogP contribution in [0.1, 0.15) is 35.7 Å². The number of carbonyl (C=O) groups is 4. The van der Waals surface area contributed by atoms with Gasteiger partial charge >= 0.3 is 5.97 Å². The average molecular weight is 632 g/mol. The van der Waals surface area contributed by atoms with E-state index in [0.29, 0.717) is 13.2 Å². The number of hydrogen-bond donors (Lipinski definition) is 1. The Morgan fingerprint density at radius 1 is 1.00 bits per heavy atom. The number of thioether (sulfide) groups is 1. The molecule has 3 aromatic carbocycles. The van der Waals surface area contributed by atoms with Crippen molar-refractivity contribution in [2.24, 2.45) is 0 Å². The highest BCUT2D eigenvalue weighted by Crippen LogP contribution is 2.34. The second kappa shape index (κ2) is 14.3. The van der Waals surface area contributed by atoms with Gasteiger partial charge in [-0.15, -0.1) is 0 Å². The van der Waals surface area contributed by atoms with Crippen molar-refractivity contribution in [3.05, 3.63) is 100 Å². The van der Waals surface area contributed by atoms with Gasteiger partial charge in [0.05, 0.1) is 28.6 Å². The van der Waals surface area contributed by atoms with E-state index in [1.54, 1.807) is 6.08 Å². The molecule has 9 nitrogen and oxygen atoms in total. The van der Waals surface area contributed by atoms with Gasteiger partial charge in [-0.25, -0.2) is 4.79 Å². The normalized spacial score (nSPS) is 14.0. The number of para-hydroxylation sites is 2. The van der Waals surface area contributed by atoms with Gasteiger partial charge in [-0.1, -0.05) is 61.3 Å². The lowest BCUT2D eigenvalue weighted by Crippen LogP contribution is -2.36. The van der Waals surface area contributed by atoms with Gasteiger partial charge in [0, 0.05) is 28.4 Å². The molecule has 0 atom stereocenters. The van der Waals surface area contributed by atoms with Crippen molar-refractivity contribution >= 4 is 69.1 Å². The van der Waals surface area contributed by atoms with Crippen molar-refractivity contribution in [3.63, 3.8) is 0 Å². The summed E-state index contributed by atoms with van der Waals surface area (Å²) in [6, 6.07) is 21.7. The van der Waals surface area contributed by atoms with E-state index in [0.717, 1.165) is 51.7 Å². The molecule has 5 rings (SSSR count). The summed E-state index contributed by atoms with van der Waals surface area (Å²) in [5, 5.41) is 3.18. The minimum Gasteiger partial charge on any atom is -0.492 e. The minimum absolute atomic E-state index is 0.112. The number of halogens is 1. The summed E-state index contributed by atoms with van der Waals surface area (Å²) in [6.45, 7) is 2.78. The van der Waals surface area contributed by atoms with E-state index in [4.69, 9.17) is 21.1 Å². The number of nitrogens with one attached hydrogen (secondary N) is 1. The lowest BCUT2D eigenvalue weighted by molar-refractivity contribution is -0.127. The number of aromatic nitrogens is 1. The number of amides is 3. The molecule has 0 saturated carbocycles. The number of hydrogen-bond acceptors (Lipinski definition) is 7. The predicted octanol–water partition coefficient (Wildman–Crippen LogP) is 7.01. The van der Waals surface area contributed by atoms with E-state index in [-0.39, 0.29) is 27.8 Å². The topological polar surface area (TPSA) is 107 Å². The van der Waals surface area contributed by atoms with Gasteiger partial charge in [-0.3, -0.25) is 19.3 Å². The maximum Gasteiger partial charge on any atom is 0.339 e. The van der Waals surface area contributed by atoms with Crippen molar-refractivity contribution in [3.8, 4) is 5.75 Å². The Morgan fingerprint density at radius 2 is 1.77 bits per heavy atom. The van der Waals surface area contributed by atoms with E-state index in [2.05, 4.69) is 5.32 Å². The number of imide groups is 1. The Kier molecular flexibility index (Phi) is 10.0. The molecule has 0 unspecified atom stereocenters. The van der Waals surface area contributed by atoms with E-state index in [1.165, 1.54) is 18.2 Å². The Labute approximate surface area is 263 Å². The number of unbranched alkanes of at least 4 members (excludes halogenated alkanes) is 1. The molecule has 44 heavy (non-hydrogen) atoms. The molecule has 0 radical (unpaired) electrons. The third kappa shape index (κ3) is 7.32. The number of benzene rings is 3. The van der Waals surface area contributed by atoms with Crippen molar-refractivity contribution in [1.82, 2.24) is 9.47 Å². The third-order valence-corrected chi connectivity index (χ3v) is 8.06. The number of rotatable bonds is 12. The zero-order valence-corrected chi connectivity index (χ0v) is 25.5. The van der Waals surface area contributed by atoms with Gasteiger partial charge in [0.15, 0.2) is 0 Å². The van der Waals surface area contributed by atoms with Crippen LogP contribution in [-0.4, -0.2) is 52.2 Å². The molecule has 1 fully saturated rings. The maximum absolute atomic E-state index is 13.2. The van der Waals surface area contributed by atoms with Crippen molar-refractivity contribution in [2.45, 2.75) is 26.3 Å². The lowest BCUT2D eigenvalue weighted by Gasteiger charge is -2.13. The Hall–Kier alpha value is -4.54. The molecule has 11 heteroatoms. The molecule has 0 aliphatic carbocycles. The van der Waals surface area contributed by atoms with Crippen LogP contribution < -0.4 is 10.1 Å². The van der Waals surface area contributed by atoms with Crippen LogP contribution >= 0.6 is 23.4 Å². The molecule has 1 saturated heterocycles. The molecular weight excluding hydrogens is 602 g/mol. The summed E-state index contributed by atoms with van der Waals surface area (Å²) < 4.78 is 13.1. The highest BCUT2D eigenvalue weighted by molar-refractivity contribution is 8.18. The summed E-state index contributed by atoms with van der Waals surface area (Å²) in [4.78, 5) is 52.3. The molecule has 3 amide bonds. The molecule has 0 bridgehead atoms. The summed E-state index contributed by atoms with van der Waals surface area (Å²) in [5.74, 6) is -0.976. The SMILES string of the molecule is CCCCOC(=O)c1cc(NC(=O)CN2C(=O)S/C(=C\c3cn(CCOc4ccccc4)c4ccccc34)C2=O)ccc1Cl. The molecule has 4 aromatic rings. The number of ether oxygens (including phenoxy) is 2. The Morgan fingerprint density at radius 3 is 2.57 bits per heavy atom. The summed E-state index contributed by atoms with van der Waals surface area (Å²) >= 11 is 6.94. The molecule has 226 valence electrons. The number of fused-ring (bicyclic) bond motifs is 1. The number of carbonyl (C=O) groups excluding carboxylic acids is 4. The second-order valence-electron chi connectivity index (χ2n) is 9.96. The predicted molar refractivity (Wildman–Crippen MR) is 172 cm³/mol. The molecule has 1 aliphatic rings. The van der Waals surface area contributed by atoms with Gasteiger partial charge < -0.3 is 19.4 Å². The van der Waals surface area contributed by atoms with Crippen LogP contribution in [-0.2, 0) is 20.9 Å². The van der Waals surface area contributed by atoms with Crippen LogP contribution in [0.15, 0.2) is 83.9 Å². The lowest BCUT2D eigenvalue weighted by atomic mass is 10.1. The maximum atomic E-state index is 13.2. The van der Waals surface area contributed by atoms with E-state index in [9.17, 15) is 19.2 Å². The molecule has 1 N–H and O–H groups in total. The van der Waals surface area contributed by atoms with Crippen molar-refractivity contribution in [1.29, 1.82) is 0 Å². The third-order valence-electron chi connectivity index (χ3n) is 6.83. The van der Waals surface area contributed by atoms with Crippen LogP contribution in [0.3, 0.4) is 0 Å². The summed E-state index contributed by atoms with van der Waals surface area (Å²) in [6.07, 6.45) is 5.19. The van der Waals surface area contributed by atoms with E-state index < -0.39 is 29.6 Å². The van der Waals surface area contributed by atoms with Gasteiger partial charge in [-0.2, -0.15) is 0 Å². The zero-order chi connectivity index (χ0) is 31.1. The molecule has 1 aliphatic heterocycles. The highest BCUT2D eigenvalue weighted by Gasteiger charge is 2.36. The van der Waals surface area contributed by atoms with Crippen LogP contribution in [0.4, 0.5) is 10.5 Å². The number of esters is 1. The van der Waals surface area contributed by atoms with Gasteiger partial charge in [0.2, 0.25) is 5.91 Å². The standard InChI is InChI=1S/C33H30ClN3O6S/c1-2-3-16-43-32(40)26-19-23(13-14-27(26)34)35-30(38)21-37-31(39)29(44-33(37)41)18-22-20-36(28-12-8-7-11-25(22)28)15-17-42-24-9-5-4-6-10-24/h4-14,18-20H,2-3,15-17,21H2,1H3,(H,35,38)/b29-18-. The van der Waals surface area contributed by atoms with Gasteiger partial charge in [-0.05, 0) is 60.7 Å². The highest BCUT2D eigenvalue weighted by atomic mass is 35.5. The minimum atomic E-state index is -0.601. The Balaban J connectivity index is 1.25. The largest absolute Gasteiger partial charge is 0.492 e. The molecule has 1 aromatic heterocycles. The van der Waals surface area contributed by atoms with Crippen LogP contribution in [0, 0.1) is 0 Å². The Bertz CT molecular complexity index is 1740. The number of nitrogens with zero attached hydrogens (tertiary/aromatic N) is 2. The monoisotopic (exact) mass is 631 g/mol. The molecule has 2 heterocycles. The zero-order valence-electron chi connectivity index (χ0n) is 24.0. The first kappa shape index (κ1) is 30.9. The van der Waals surface area contributed by atoms with Crippen LogP contribution in [0.25, 0.3) is 17.0 Å². The van der Waals surface area contributed by atoms with Crippen molar-refractivity contribution < 1.29 is 28.7 Å². The van der Waals surface area contributed by atoms with Crippen LogP contribution in [0.2, 0.25) is 5.02 Å². The van der Waals surface area contributed by atoms with Crippen molar-refractivity contribution in [2.75, 3.05) is 25.1 Å². The summed E-state index contributed by atoms with van der Waals surface area (Å²) in [5.41, 5.74) is 2.13. The first-order valence-corrected chi connectivity index (χ1v) is 15.3. The first-order chi connectivity index (χ1) is 21.3. The summed E-state index contributed by atoms with van der Waals surface area (Å²) in [7, 11) is 0. The molecule has 0 spiro atoms. The second-order valence-corrected chi connectivity index (χ2v) is 11.4. The fraction of sp³-hybridized carbons (Fsp3) is 0.212. The molecular formula is C33H30ClN3O6S. The number of anilines is 1. The fourth-order valence-corrected chi connectivity index (χ4v) is 5.65. The van der Waals surface area contributed by atoms with Gasteiger partial charge in [0.25, 0.3) is 11.1 Å². The quantitative estimate of drug-likeness (QED) is 0.102. The fourth-order valence-electron chi connectivity index (χ4n) is 4.62. The van der Waals surface area contributed by atoms with E-state index in [1.807, 2.05) is 72.3 Å². The van der Waals surface area contributed by atoms with Crippen LogP contribution in [0.5, 0.6) is 5.75 Å². The van der Waals surface area contributed by atoms with E-state index >= 15 is 0 Å². The average Bonchev–Trinajstić information content (AvgIpc) is 3.50.